The Hall–Kier alpha value is -1.77. The lowest BCUT2D eigenvalue weighted by atomic mass is 10.1. The Morgan fingerprint density at radius 2 is 1.56 bits per heavy atom. The lowest BCUT2D eigenvalue weighted by molar-refractivity contribution is 0.833. The molecule has 0 saturated carbocycles. The molecule has 1 aromatic heterocycles. The SMILES string of the molecule is Cc1cc(C)cc(-n2[nH]c(C)c(C)c2=O)c1. The maximum absolute atomic E-state index is 11.9. The van der Waals surface area contributed by atoms with Crippen molar-refractivity contribution in [1.82, 2.24) is 9.78 Å². The van der Waals surface area contributed by atoms with Gasteiger partial charge in [0.05, 0.1) is 5.69 Å². The summed E-state index contributed by atoms with van der Waals surface area (Å²) in [5.74, 6) is 0. The van der Waals surface area contributed by atoms with Crippen molar-refractivity contribution in [2.24, 2.45) is 0 Å². The Bertz CT molecular complexity index is 570. The van der Waals surface area contributed by atoms with Gasteiger partial charge in [0.25, 0.3) is 5.56 Å². The first-order valence-corrected chi connectivity index (χ1v) is 5.36. The Kier molecular flexibility index (Phi) is 2.46. The maximum atomic E-state index is 11.9. The maximum Gasteiger partial charge on any atom is 0.274 e. The molecule has 0 radical (unpaired) electrons. The van der Waals surface area contributed by atoms with Gasteiger partial charge in [-0.2, -0.15) is 0 Å². The summed E-state index contributed by atoms with van der Waals surface area (Å²) in [6.45, 7) is 7.82. The van der Waals surface area contributed by atoms with E-state index in [1.54, 1.807) is 4.68 Å². The number of aromatic amines is 1. The number of aryl methyl sites for hydroxylation is 3. The topological polar surface area (TPSA) is 37.8 Å². The molecule has 84 valence electrons. The van der Waals surface area contributed by atoms with Crippen LogP contribution in [0, 0.1) is 27.7 Å². The molecule has 1 N–H and O–H groups in total. The normalized spacial score (nSPS) is 10.8. The molecule has 0 aliphatic carbocycles. The summed E-state index contributed by atoms with van der Waals surface area (Å²) in [4.78, 5) is 11.9. The van der Waals surface area contributed by atoms with Crippen LogP contribution in [0.25, 0.3) is 5.69 Å². The van der Waals surface area contributed by atoms with E-state index in [1.807, 2.05) is 39.8 Å². The second-order valence-corrected chi connectivity index (χ2v) is 4.35. The minimum Gasteiger partial charge on any atom is -0.295 e. The molecular weight excluding hydrogens is 200 g/mol. The number of hydrogen-bond donors (Lipinski definition) is 1. The van der Waals surface area contributed by atoms with Crippen LogP contribution in [0.15, 0.2) is 23.0 Å². The predicted octanol–water partition coefficient (Wildman–Crippen LogP) is 2.40. The second-order valence-electron chi connectivity index (χ2n) is 4.35. The van der Waals surface area contributed by atoms with E-state index in [0.29, 0.717) is 0 Å². The minimum atomic E-state index is 0.0301. The zero-order valence-electron chi connectivity index (χ0n) is 10.1. The molecule has 1 heterocycles. The monoisotopic (exact) mass is 216 g/mol. The highest BCUT2D eigenvalue weighted by Gasteiger charge is 2.08. The molecule has 0 spiro atoms. The van der Waals surface area contributed by atoms with Gasteiger partial charge in [0, 0.05) is 11.3 Å². The van der Waals surface area contributed by atoms with E-state index in [0.717, 1.165) is 28.1 Å². The van der Waals surface area contributed by atoms with Crippen LogP contribution < -0.4 is 5.56 Å². The van der Waals surface area contributed by atoms with Crippen molar-refractivity contribution in [2.45, 2.75) is 27.7 Å². The van der Waals surface area contributed by atoms with Crippen LogP contribution in [0.2, 0.25) is 0 Å². The molecule has 1 aromatic carbocycles. The van der Waals surface area contributed by atoms with Crippen molar-refractivity contribution in [1.29, 1.82) is 0 Å². The van der Waals surface area contributed by atoms with Gasteiger partial charge in [-0.25, -0.2) is 4.68 Å². The van der Waals surface area contributed by atoms with Gasteiger partial charge >= 0.3 is 0 Å². The van der Waals surface area contributed by atoms with Crippen molar-refractivity contribution in [2.75, 3.05) is 0 Å². The Morgan fingerprint density at radius 3 is 2.00 bits per heavy atom. The van der Waals surface area contributed by atoms with Gasteiger partial charge in [-0.1, -0.05) is 6.07 Å². The Morgan fingerprint density at radius 1 is 1.00 bits per heavy atom. The van der Waals surface area contributed by atoms with Gasteiger partial charge in [0.15, 0.2) is 0 Å². The van der Waals surface area contributed by atoms with Crippen molar-refractivity contribution in [3.8, 4) is 5.69 Å². The van der Waals surface area contributed by atoms with Gasteiger partial charge in [-0.15, -0.1) is 0 Å². The standard InChI is InChI=1S/C13H16N2O/c1-8-5-9(2)7-12(6-8)15-13(16)10(3)11(4)14-15/h5-7,14H,1-4H3. The summed E-state index contributed by atoms with van der Waals surface area (Å²) in [5.41, 5.74) is 4.95. The Balaban J connectivity index is 2.67. The zero-order valence-corrected chi connectivity index (χ0v) is 10.1. The van der Waals surface area contributed by atoms with Gasteiger partial charge in [0.1, 0.15) is 0 Å². The highest BCUT2D eigenvalue weighted by molar-refractivity contribution is 5.39. The van der Waals surface area contributed by atoms with Crippen LogP contribution in [0.4, 0.5) is 0 Å². The summed E-state index contributed by atoms with van der Waals surface area (Å²) < 4.78 is 1.60. The van der Waals surface area contributed by atoms with E-state index in [9.17, 15) is 4.79 Å². The fourth-order valence-corrected chi connectivity index (χ4v) is 1.89. The summed E-state index contributed by atoms with van der Waals surface area (Å²) in [5, 5.41) is 3.09. The summed E-state index contributed by atoms with van der Waals surface area (Å²) in [7, 11) is 0. The first-order chi connectivity index (χ1) is 7.49. The van der Waals surface area contributed by atoms with Crippen LogP contribution in [0.1, 0.15) is 22.4 Å². The molecule has 0 unspecified atom stereocenters. The number of aromatic nitrogens is 2. The molecule has 0 atom stereocenters. The highest BCUT2D eigenvalue weighted by Crippen LogP contribution is 2.12. The second kappa shape index (κ2) is 3.67. The van der Waals surface area contributed by atoms with Gasteiger partial charge in [0.2, 0.25) is 0 Å². The molecule has 16 heavy (non-hydrogen) atoms. The zero-order chi connectivity index (χ0) is 11.9. The molecular formula is C13H16N2O. The summed E-state index contributed by atoms with van der Waals surface area (Å²) in [6.07, 6.45) is 0. The van der Waals surface area contributed by atoms with Crippen molar-refractivity contribution >= 4 is 0 Å². The van der Waals surface area contributed by atoms with E-state index in [-0.39, 0.29) is 5.56 Å². The number of hydrogen-bond acceptors (Lipinski definition) is 1. The first kappa shape index (κ1) is 10.7. The number of nitrogens with one attached hydrogen (secondary N) is 1. The highest BCUT2D eigenvalue weighted by atomic mass is 16.1. The summed E-state index contributed by atoms with van der Waals surface area (Å²) >= 11 is 0. The third-order valence-electron chi connectivity index (χ3n) is 2.83. The van der Waals surface area contributed by atoms with Crippen LogP contribution >= 0.6 is 0 Å². The number of H-pyrrole nitrogens is 1. The lowest BCUT2D eigenvalue weighted by Crippen LogP contribution is -2.16. The molecule has 3 heteroatoms. The van der Waals surface area contributed by atoms with Crippen LogP contribution in [0.5, 0.6) is 0 Å². The smallest absolute Gasteiger partial charge is 0.274 e. The van der Waals surface area contributed by atoms with Crippen LogP contribution in [0.3, 0.4) is 0 Å². The van der Waals surface area contributed by atoms with Crippen LogP contribution in [-0.2, 0) is 0 Å². The quantitative estimate of drug-likeness (QED) is 0.781. The number of benzene rings is 1. The molecule has 2 rings (SSSR count). The first-order valence-electron chi connectivity index (χ1n) is 5.36. The minimum absolute atomic E-state index is 0.0301. The van der Waals surface area contributed by atoms with E-state index >= 15 is 0 Å². The molecule has 0 aliphatic heterocycles. The lowest BCUT2D eigenvalue weighted by Gasteiger charge is -2.04. The number of nitrogens with zero attached hydrogens (tertiary/aromatic N) is 1. The average Bonchev–Trinajstić information content (AvgIpc) is 2.44. The molecule has 0 bridgehead atoms. The molecule has 2 aromatic rings. The van der Waals surface area contributed by atoms with Crippen LogP contribution in [-0.4, -0.2) is 9.78 Å². The van der Waals surface area contributed by atoms with E-state index in [4.69, 9.17) is 0 Å². The fourth-order valence-electron chi connectivity index (χ4n) is 1.89. The van der Waals surface area contributed by atoms with Crippen molar-refractivity contribution in [3.05, 3.63) is 50.9 Å². The predicted molar refractivity (Wildman–Crippen MR) is 65.3 cm³/mol. The fraction of sp³-hybridized carbons (Fsp3) is 0.308. The van der Waals surface area contributed by atoms with Crippen molar-refractivity contribution < 1.29 is 0 Å². The Labute approximate surface area is 94.7 Å². The molecule has 3 nitrogen and oxygen atoms in total. The van der Waals surface area contributed by atoms with E-state index in [1.165, 1.54) is 0 Å². The third-order valence-corrected chi connectivity index (χ3v) is 2.83. The van der Waals surface area contributed by atoms with Gasteiger partial charge < -0.3 is 0 Å². The molecule has 0 saturated heterocycles. The largest absolute Gasteiger partial charge is 0.295 e. The third kappa shape index (κ3) is 1.69. The van der Waals surface area contributed by atoms with E-state index in [2.05, 4.69) is 11.2 Å². The van der Waals surface area contributed by atoms with E-state index < -0.39 is 0 Å². The molecule has 0 fully saturated rings. The van der Waals surface area contributed by atoms with Gasteiger partial charge in [-0.3, -0.25) is 9.89 Å². The van der Waals surface area contributed by atoms with Gasteiger partial charge in [-0.05, 0) is 51.0 Å². The molecule has 0 amide bonds. The van der Waals surface area contributed by atoms with Crippen molar-refractivity contribution in [3.63, 3.8) is 0 Å². The molecule has 0 aliphatic rings. The summed E-state index contributed by atoms with van der Waals surface area (Å²) in [6, 6.07) is 6.10. The number of rotatable bonds is 1. The average molecular weight is 216 g/mol.